The molecule has 1 aliphatic carbocycles. The second kappa shape index (κ2) is 4.62. The number of nitrogens with two attached hydrogens (primary N) is 1. The minimum absolute atomic E-state index is 0.00780. The van der Waals surface area contributed by atoms with Gasteiger partial charge in [-0.3, -0.25) is 4.72 Å². The number of nitrogens with zero attached hydrogens (tertiary/aromatic N) is 1. The molecule has 3 N–H and O–H groups in total. The zero-order chi connectivity index (χ0) is 14.3. The Bertz CT molecular complexity index is 695. The number of hydrogen-bond donors (Lipinski definition) is 2. The third-order valence-electron chi connectivity index (χ3n) is 2.25. The van der Waals surface area contributed by atoms with Crippen LogP contribution < -0.4 is 14.6 Å². The topological polar surface area (TPSA) is 128 Å². The smallest absolute Gasteiger partial charge is 0.259 e. The van der Waals surface area contributed by atoms with E-state index < -0.39 is 25.1 Å². The molecule has 0 atom stereocenters. The van der Waals surface area contributed by atoms with Crippen molar-refractivity contribution >= 4 is 25.7 Å². The number of pyridine rings is 1. The zero-order valence-corrected chi connectivity index (χ0v) is 11.7. The molecule has 10 heteroatoms. The maximum atomic E-state index is 11.4. The van der Waals surface area contributed by atoms with Gasteiger partial charge in [0.2, 0.25) is 15.0 Å². The summed E-state index contributed by atoms with van der Waals surface area (Å²) in [6, 6.07) is 1.31. The Hall–Kier alpha value is -1.39. The number of rotatable bonds is 5. The van der Waals surface area contributed by atoms with Crippen molar-refractivity contribution in [1.82, 2.24) is 4.98 Å². The molecule has 1 aromatic rings. The summed E-state index contributed by atoms with van der Waals surface area (Å²) < 4.78 is 53.0. The summed E-state index contributed by atoms with van der Waals surface area (Å²) in [6.07, 6.45) is 3.51. The standard InChI is InChI=1S/C9H13N3O5S2/c1-18(13,14)12-7-4-5-11-9(19(10,15)16)8(7)17-6-2-3-6/h4-6H,2-3H2,1H3,(H,11,12)(H2,10,15,16). The second-order valence-electron chi connectivity index (χ2n) is 4.23. The van der Waals surface area contributed by atoms with Crippen LogP contribution in [0.3, 0.4) is 0 Å². The summed E-state index contributed by atoms with van der Waals surface area (Å²) in [6.45, 7) is 0. The molecule has 1 saturated carbocycles. The van der Waals surface area contributed by atoms with Crippen molar-refractivity contribution in [3.8, 4) is 5.75 Å². The summed E-state index contributed by atoms with van der Waals surface area (Å²) in [7, 11) is -7.67. The lowest BCUT2D eigenvalue weighted by Crippen LogP contribution is -2.18. The first-order chi connectivity index (χ1) is 8.67. The number of sulfonamides is 2. The van der Waals surface area contributed by atoms with Gasteiger partial charge in [-0.25, -0.2) is 27.0 Å². The number of primary sulfonamides is 1. The van der Waals surface area contributed by atoms with E-state index >= 15 is 0 Å². The lowest BCUT2D eigenvalue weighted by atomic mass is 10.4. The summed E-state index contributed by atoms with van der Waals surface area (Å²) in [4.78, 5) is 3.65. The fourth-order valence-electron chi connectivity index (χ4n) is 1.38. The van der Waals surface area contributed by atoms with E-state index in [0.717, 1.165) is 25.3 Å². The van der Waals surface area contributed by atoms with Gasteiger partial charge in [0.15, 0.2) is 5.75 Å². The zero-order valence-electron chi connectivity index (χ0n) is 10.0. The normalized spacial score (nSPS) is 16.1. The van der Waals surface area contributed by atoms with Crippen LogP contribution in [-0.4, -0.2) is 34.2 Å². The molecule has 8 nitrogen and oxygen atoms in total. The average Bonchev–Trinajstić information content (AvgIpc) is 3.00. The summed E-state index contributed by atoms with van der Waals surface area (Å²) in [5.74, 6) is -0.155. The van der Waals surface area contributed by atoms with Crippen molar-refractivity contribution in [2.45, 2.75) is 24.0 Å². The van der Waals surface area contributed by atoms with Crippen molar-refractivity contribution in [2.24, 2.45) is 5.14 Å². The number of anilines is 1. The molecule has 0 unspecified atom stereocenters. The van der Waals surface area contributed by atoms with Gasteiger partial charge in [-0.1, -0.05) is 0 Å². The van der Waals surface area contributed by atoms with E-state index in [-0.39, 0.29) is 17.5 Å². The molecule has 2 rings (SSSR count). The van der Waals surface area contributed by atoms with Gasteiger partial charge in [-0.05, 0) is 18.9 Å². The highest BCUT2D eigenvalue weighted by Gasteiger charge is 2.29. The molecule has 0 radical (unpaired) electrons. The van der Waals surface area contributed by atoms with Crippen LogP contribution in [0.25, 0.3) is 0 Å². The van der Waals surface area contributed by atoms with Gasteiger partial charge >= 0.3 is 0 Å². The van der Waals surface area contributed by atoms with E-state index in [1.807, 2.05) is 0 Å². The molecule has 0 saturated heterocycles. The quantitative estimate of drug-likeness (QED) is 0.764. The van der Waals surface area contributed by atoms with Crippen LogP contribution in [0.5, 0.6) is 5.75 Å². The Balaban J connectivity index is 2.52. The van der Waals surface area contributed by atoms with Gasteiger partial charge in [-0.2, -0.15) is 0 Å². The van der Waals surface area contributed by atoms with Crippen LogP contribution in [0, 0.1) is 0 Å². The van der Waals surface area contributed by atoms with Crippen molar-refractivity contribution in [3.63, 3.8) is 0 Å². The fraction of sp³-hybridized carbons (Fsp3) is 0.444. The van der Waals surface area contributed by atoms with Crippen molar-refractivity contribution in [2.75, 3.05) is 11.0 Å². The van der Waals surface area contributed by atoms with Gasteiger partial charge < -0.3 is 4.74 Å². The first-order valence-corrected chi connectivity index (χ1v) is 8.77. The third-order valence-corrected chi connectivity index (χ3v) is 3.67. The van der Waals surface area contributed by atoms with Crippen LogP contribution in [0.15, 0.2) is 17.3 Å². The Morgan fingerprint density at radius 1 is 1.37 bits per heavy atom. The minimum Gasteiger partial charge on any atom is -0.485 e. The van der Waals surface area contributed by atoms with E-state index in [1.165, 1.54) is 6.07 Å². The highest BCUT2D eigenvalue weighted by molar-refractivity contribution is 7.92. The number of nitrogens with one attached hydrogen (secondary N) is 1. The van der Waals surface area contributed by atoms with Crippen molar-refractivity contribution in [1.29, 1.82) is 0 Å². The number of aromatic nitrogens is 1. The van der Waals surface area contributed by atoms with E-state index in [2.05, 4.69) is 9.71 Å². The second-order valence-corrected chi connectivity index (χ2v) is 7.45. The van der Waals surface area contributed by atoms with Gasteiger partial charge in [-0.15, -0.1) is 0 Å². The molecule has 19 heavy (non-hydrogen) atoms. The molecule has 0 aromatic carbocycles. The minimum atomic E-state index is -4.10. The molecule has 1 fully saturated rings. The third kappa shape index (κ3) is 3.78. The first-order valence-electron chi connectivity index (χ1n) is 5.33. The molecule has 0 aliphatic heterocycles. The molecule has 0 spiro atoms. The van der Waals surface area contributed by atoms with Crippen LogP contribution >= 0.6 is 0 Å². The van der Waals surface area contributed by atoms with Crippen LogP contribution in [-0.2, 0) is 20.0 Å². The van der Waals surface area contributed by atoms with Crippen LogP contribution in [0.2, 0.25) is 0 Å². The highest BCUT2D eigenvalue weighted by atomic mass is 32.2. The van der Waals surface area contributed by atoms with Crippen molar-refractivity contribution in [3.05, 3.63) is 12.3 Å². The molecule has 1 aliphatic rings. The van der Waals surface area contributed by atoms with Gasteiger partial charge in [0.25, 0.3) is 10.0 Å². The molecule has 1 heterocycles. The Morgan fingerprint density at radius 2 is 2.00 bits per heavy atom. The van der Waals surface area contributed by atoms with E-state index in [9.17, 15) is 16.8 Å². The van der Waals surface area contributed by atoms with Gasteiger partial charge in [0, 0.05) is 6.20 Å². The Kier molecular flexibility index (Phi) is 3.41. The Morgan fingerprint density at radius 3 is 2.47 bits per heavy atom. The van der Waals surface area contributed by atoms with Crippen molar-refractivity contribution < 1.29 is 21.6 Å². The molecule has 0 amide bonds. The fourth-order valence-corrected chi connectivity index (χ4v) is 2.56. The molecular weight excluding hydrogens is 294 g/mol. The lowest BCUT2D eigenvalue weighted by molar-refractivity contribution is 0.294. The Labute approximate surface area is 111 Å². The van der Waals surface area contributed by atoms with E-state index in [4.69, 9.17) is 9.88 Å². The molecule has 1 aromatic heterocycles. The van der Waals surface area contributed by atoms with Crippen LogP contribution in [0.1, 0.15) is 12.8 Å². The first kappa shape index (κ1) is 14.0. The maximum absolute atomic E-state index is 11.4. The lowest BCUT2D eigenvalue weighted by Gasteiger charge is -2.14. The SMILES string of the molecule is CS(=O)(=O)Nc1ccnc(S(N)(=O)=O)c1OC1CC1. The molecular formula is C9H13N3O5S2. The average molecular weight is 307 g/mol. The van der Waals surface area contributed by atoms with E-state index in [0.29, 0.717) is 0 Å². The summed E-state index contributed by atoms with van der Waals surface area (Å²) in [5.41, 5.74) is 0.00780. The van der Waals surface area contributed by atoms with E-state index in [1.54, 1.807) is 0 Å². The highest BCUT2D eigenvalue weighted by Crippen LogP contribution is 2.36. The molecule has 0 bridgehead atoms. The van der Waals surface area contributed by atoms with Gasteiger partial charge in [0.1, 0.15) is 0 Å². The predicted octanol–water partition coefficient (Wildman–Crippen LogP) is -0.358. The largest absolute Gasteiger partial charge is 0.485 e. The molecule has 106 valence electrons. The van der Waals surface area contributed by atoms with Gasteiger partial charge in [0.05, 0.1) is 18.0 Å². The monoisotopic (exact) mass is 307 g/mol. The van der Waals surface area contributed by atoms with Crippen LogP contribution in [0.4, 0.5) is 5.69 Å². The number of ether oxygens (including phenoxy) is 1. The summed E-state index contributed by atoms with van der Waals surface area (Å²) in [5, 5.41) is 4.56. The summed E-state index contributed by atoms with van der Waals surface area (Å²) >= 11 is 0. The predicted molar refractivity (Wildman–Crippen MR) is 67.7 cm³/mol. The maximum Gasteiger partial charge on any atom is 0.259 e. The number of hydrogen-bond acceptors (Lipinski definition) is 6.